The molecule has 0 aliphatic carbocycles. The number of phenols is 1. The topological polar surface area (TPSA) is 41.5 Å². The van der Waals surface area contributed by atoms with Crippen LogP contribution in [0.15, 0.2) is 18.2 Å². The van der Waals surface area contributed by atoms with Crippen LogP contribution in [-0.4, -0.2) is 11.8 Å². The molecule has 1 aromatic rings. The van der Waals surface area contributed by atoms with Crippen LogP contribution < -0.4 is 10.1 Å². The van der Waals surface area contributed by atoms with Gasteiger partial charge in [-0.05, 0) is 18.2 Å². The minimum Gasteiger partial charge on any atom is -0.508 e. The Morgan fingerprint density at radius 1 is 1.45 bits per heavy atom. The normalized spacial score (nSPS) is 15.3. The van der Waals surface area contributed by atoms with Crippen LogP contribution in [0, 0.1) is 0 Å². The predicted octanol–water partition coefficient (Wildman–Crippen LogP) is 0.832. The van der Waals surface area contributed by atoms with E-state index >= 15 is 0 Å². The maximum absolute atomic E-state index is 9.10. The molecule has 0 unspecified atom stereocenters. The summed E-state index contributed by atoms with van der Waals surface area (Å²) in [6.07, 6.45) is 0. The third-order valence-corrected chi connectivity index (χ3v) is 1.69. The van der Waals surface area contributed by atoms with Crippen LogP contribution in [0.1, 0.15) is 5.56 Å². The van der Waals surface area contributed by atoms with E-state index in [2.05, 4.69) is 5.32 Å². The van der Waals surface area contributed by atoms with Crippen molar-refractivity contribution in [1.82, 2.24) is 5.32 Å². The monoisotopic (exact) mass is 151 g/mol. The fraction of sp³-hybridized carbons (Fsp3) is 0.250. The van der Waals surface area contributed by atoms with Gasteiger partial charge >= 0.3 is 0 Å². The molecule has 0 atom stereocenters. The molecule has 1 aliphatic rings. The van der Waals surface area contributed by atoms with Gasteiger partial charge in [-0.15, -0.1) is 0 Å². The molecular formula is C8H9NO2. The van der Waals surface area contributed by atoms with Gasteiger partial charge in [-0.25, -0.2) is 0 Å². The Balaban J connectivity index is 2.43. The Morgan fingerprint density at radius 3 is 3.27 bits per heavy atom. The highest BCUT2D eigenvalue weighted by Gasteiger charge is 2.08. The Bertz CT molecular complexity index is 273. The zero-order valence-electron chi connectivity index (χ0n) is 6.00. The molecule has 0 bridgehead atoms. The lowest BCUT2D eigenvalue weighted by atomic mass is 10.2. The Hall–Kier alpha value is -1.22. The first-order valence-corrected chi connectivity index (χ1v) is 3.52. The fourth-order valence-electron chi connectivity index (χ4n) is 1.16. The highest BCUT2D eigenvalue weighted by molar-refractivity contribution is 5.40. The number of hydrogen-bond donors (Lipinski definition) is 2. The van der Waals surface area contributed by atoms with E-state index in [0.29, 0.717) is 6.73 Å². The number of ether oxygens (including phenoxy) is 1. The zero-order valence-corrected chi connectivity index (χ0v) is 6.00. The fourth-order valence-corrected chi connectivity index (χ4v) is 1.16. The molecular weight excluding hydrogens is 142 g/mol. The molecule has 1 aromatic carbocycles. The third-order valence-electron chi connectivity index (χ3n) is 1.69. The van der Waals surface area contributed by atoms with Crippen molar-refractivity contribution < 1.29 is 9.84 Å². The maximum atomic E-state index is 9.10. The van der Waals surface area contributed by atoms with Crippen LogP contribution in [0.4, 0.5) is 0 Å². The second-order valence-electron chi connectivity index (χ2n) is 2.51. The molecule has 3 nitrogen and oxygen atoms in total. The molecule has 2 rings (SSSR count). The summed E-state index contributed by atoms with van der Waals surface area (Å²) in [5, 5.41) is 12.1. The van der Waals surface area contributed by atoms with Gasteiger partial charge in [0.15, 0.2) is 0 Å². The average molecular weight is 151 g/mol. The molecule has 0 radical (unpaired) electrons. The molecule has 3 heteroatoms. The number of nitrogens with one attached hydrogen (secondary N) is 1. The molecule has 1 aliphatic heterocycles. The van der Waals surface area contributed by atoms with Crippen LogP contribution in [0.2, 0.25) is 0 Å². The summed E-state index contributed by atoms with van der Waals surface area (Å²) in [7, 11) is 0. The lowest BCUT2D eigenvalue weighted by Crippen LogP contribution is -2.25. The Labute approximate surface area is 64.6 Å². The lowest BCUT2D eigenvalue weighted by Gasteiger charge is -2.17. The first-order valence-electron chi connectivity index (χ1n) is 3.52. The van der Waals surface area contributed by atoms with Gasteiger partial charge in [0.1, 0.15) is 18.2 Å². The van der Waals surface area contributed by atoms with Crippen molar-refractivity contribution in [2.24, 2.45) is 0 Å². The number of rotatable bonds is 0. The van der Waals surface area contributed by atoms with Crippen LogP contribution in [0.3, 0.4) is 0 Å². The van der Waals surface area contributed by atoms with Gasteiger partial charge in [-0.2, -0.15) is 0 Å². The SMILES string of the molecule is Oc1ccc2c(c1)CNCO2. The van der Waals surface area contributed by atoms with E-state index in [9.17, 15) is 0 Å². The smallest absolute Gasteiger partial charge is 0.139 e. The number of benzene rings is 1. The first kappa shape index (κ1) is 6.49. The third kappa shape index (κ3) is 1.14. The summed E-state index contributed by atoms with van der Waals surface area (Å²) in [5.74, 6) is 1.15. The molecule has 1 heterocycles. The predicted molar refractivity (Wildman–Crippen MR) is 40.4 cm³/mol. The summed E-state index contributed by atoms with van der Waals surface area (Å²) < 4.78 is 5.26. The van der Waals surface area contributed by atoms with Gasteiger partial charge in [0, 0.05) is 12.1 Å². The zero-order chi connectivity index (χ0) is 7.68. The highest BCUT2D eigenvalue weighted by Crippen LogP contribution is 2.24. The van der Waals surface area contributed by atoms with E-state index in [4.69, 9.17) is 9.84 Å². The van der Waals surface area contributed by atoms with Crippen LogP contribution in [0.5, 0.6) is 11.5 Å². The van der Waals surface area contributed by atoms with E-state index in [1.807, 2.05) is 0 Å². The molecule has 0 saturated heterocycles. The standard InChI is InChI=1S/C8H9NO2/c10-7-1-2-8-6(3-7)4-9-5-11-8/h1-3,9-10H,4-5H2. The van der Waals surface area contributed by atoms with Gasteiger partial charge in [0.05, 0.1) is 0 Å². The van der Waals surface area contributed by atoms with E-state index in [0.717, 1.165) is 17.9 Å². The van der Waals surface area contributed by atoms with Crippen LogP contribution in [0.25, 0.3) is 0 Å². The Kier molecular flexibility index (Phi) is 1.43. The van der Waals surface area contributed by atoms with Crippen molar-refractivity contribution in [3.05, 3.63) is 23.8 Å². The minimum atomic E-state index is 0.288. The van der Waals surface area contributed by atoms with Crippen molar-refractivity contribution in [3.63, 3.8) is 0 Å². The molecule has 58 valence electrons. The van der Waals surface area contributed by atoms with Gasteiger partial charge in [-0.1, -0.05) is 0 Å². The lowest BCUT2D eigenvalue weighted by molar-refractivity contribution is 0.256. The number of phenolic OH excluding ortho intramolecular Hbond substituents is 1. The van der Waals surface area contributed by atoms with Crippen molar-refractivity contribution in [2.45, 2.75) is 6.54 Å². The van der Waals surface area contributed by atoms with Gasteiger partial charge < -0.3 is 9.84 Å². The van der Waals surface area contributed by atoms with E-state index < -0.39 is 0 Å². The average Bonchev–Trinajstić information content (AvgIpc) is 2.04. The molecule has 0 aromatic heterocycles. The van der Waals surface area contributed by atoms with Crippen molar-refractivity contribution in [2.75, 3.05) is 6.73 Å². The molecule has 0 saturated carbocycles. The van der Waals surface area contributed by atoms with E-state index in [1.54, 1.807) is 18.2 Å². The first-order chi connectivity index (χ1) is 5.36. The number of aromatic hydroxyl groups is 1. The number of hydrogen-bond acceptors (Lipinski definition) is 3. The summed E-state index contributed by atoms with van der Waals surface area (Å²) in [5.41, 5.74) is 1.01. The van der Waals surface area contributed by atoms with Gasteiger partial charge in [-0.3, -0.25) is 5.32 Å². The second-order valence-corrected chi connectivity index (χ2v) is 2.51. The summed E-state index contributed by atoms with van der Waals surface area (Å²) >= 11 is 0. The maximum Gasteiger partial charge on any atom is 0.139 e. The van der Waals surface area contributed by atoms with Gasteiger partial charge in [0.25, 0.3) is 0 Å². The molecule has 0 fully saturated rings. The Morgan fingerprint density at radius 2 is 2.36 bits per heavy atom. The summed E-state index contributed by atoms with van der Waals surface area (Å²) in [4.78, 5) is 0. The van der Waals surface area contributed by atoms with Crippen molar-refractivity contribution in [3.8, 4) is 11.5 Å². The second kappa shape index (κ2) is 2.43. The highest BCUT2D eigenvalue weighted by atomic mass is 16.5. The minimum absolute atomic E-state index is 0.288. The van der Waals surface area contributed by atoms with E-state index in [-0.39, 0.29) is 5.75 Å². The molecule has 0 spiro atoms. The molecule has 11 heavy (non-hydrogen) atoms. The van der Waals surface area contributed by atoms with Gasteiger partial charge in [0.2, 0.25) is 0 Å². The number of fused-ring (bicyclic) bond motifs is 1. The van der Waals surface area contributed by atoms with E-state index in [1.165, 1.54) is 0 Å². The van der Waals surface area contributed by atoms with Crippen molar-refractivity contribution in [1.29, 1.82) is 0 Å². The molecule has 0 amide bonds. The molecule has 2 N–H and O–H groups in total. The summed E-state index contributed by atoms with van der Waals surface area (Å²) in [6.45, 7) is 1.32. The quantitative estimate of drug-likeness (QED) is 0.577. The largest absolute Gasteiger partial charge is 0.508 e. The van der Waals surface area contributed by atoms with Crippen molar-refractivity contribution >= 4 is 0 Å². The van der Waals surface area contributed by atoms with Crippen LogP contribution >= 0.6 is 0 Å². The van der Waals surface area contributed by atoms with Crippen LogP contribution in [-0.2, 0) is 6.54 Å². The summed E-state index contributed by atoms with van der Waals surface area (Å²) in [6, 6.07) is 5.12.